The Morgan fingerprint density at radius 2 is 1.83 bits per heavy atom. The molecule has 0 saturated carbocycles. The zero-order valence-corrected chi connectivity index (χ0v) is 20.7. The van der Waals surface area contributed by atoms with Gasteiger partial charge in [-0.25, -0.2) is 0 Å². The average molecular weight is 547 g/mol. The van der Waals surface area contributed by atoms with E-state index in [1.807, 2.05) is 6.07 Å². The third-order valence-corrected chi connectivity index (χ3v) is 5.73. The van der Waals surface area contributed by atoms with E-state index in [0.717, 1.165) is 36.8 Å². The number of carbonyl (C=O) groups excluding carboxylic acids is 2. The van der Waals surface area contributed by atoms with Gasteiger partial charge in [0.15, 0.2) is 0 Å². The number of amides is 2. The summed E-state index contributed by atoms with van der Waals surface area (Å²) in [5.41, 5.74) is 0.462. The van der Waals surface area contributed by atoms with Crippen molar-refractivity contribution in [1.29, 1.82) is 0 Å². The Labute approximate surface area is 195 Å². The Morgan fingerprint density at radius 1 is 1.17 bits per heavy atom. The zero-order valence-electron chi connectivity index (χ0n) is 17.5. The molecule has 166 valence electrons. The lowest BCUT2D eigenvalue weighted by molar-refractivity contribution is -0.120. The van der Waals surface area contributed by atoms with Crippen LogP contribution < -0.4 is 16.0 Å². The van der Waals surface area contributed by atoms with Gasteiger partial charge in [0.2, 0.25) is 5.91 Å². The van der Waals surface area contributed by atoms with Crippen molar-refractivity contribution in [2.45, 2.75) is 39.1 Å². The molecule has 0 radical (unpaired) electrons. The van der Waals surface area contributed by atoms with E-state index < -0.39 is 7.12 Å². The molecule has 2 rings (SSSR count). The highest BCUT2D eigenvalue weighted by atomic mass is 79.9. The van der Waals surface area contributed by atoms with Crippen LogP contribution in [0.4, 0.5) is 0 Å². The lowest BCUT2D eigenvalue weighted by Crippen LogP contribution is -2.52. The third-order valence-electron chi connectivity index (χ3n) is 4.54. The highest BCUT2D eigenvalue weighted by Crippen LogP contribution is 2.21. The van der Waals surface area contributed by atoms with Crippen molar-refractivity contribution in [2.75, 3.05) is 32.8 Å². The molecule has 1 fully saturated rings. The predicted octanol–water partition coefficient (Wildman–Crippen LogP) is 2.92. The van der Waals surface area contributed by atoms with Crippen LogP contribution in [-0.2, 0) is 14.1 Å². The number of rotatable bonds is 7. The van der Waals surface area contributed by atoms with Crippen LogP contribution >= 0.6 is 31.9 Å². The summed E-state index contributed by atoms with van der Waals surface area (Å²) < 4.78 is 13.3. The Morgan fingerprint density at radius 3 is 2.47 bits per heavy atom. The quantitative estimate of drug-likeness (QED) is 0.458. The molecular formula is C20H30BBr2N3O4. The van der Waals surface area contributed by atoms with Gasteiger partial charge < -0.3 is 25.3 Å². The normalized spacial score (nSPS) is 16.8. The Hall–Kier alpha value is -0.935. The van der Waals surface area contributed by atoms with E-state index in [2.05, 4.69) is 61.7 Å². The van der Waals surface area contributed by atoms with E-state index >= 15 is 0 Å². The van der Waals surface area contributed by atoms with E-state index in [4.69, 9.17) is 9.31 Å². The second kappa shape index (κ2) is 13.5. The highest BCUT2D eigenvalue weighted by molar-refractivity contribution is 9.11. The molecule has 1 aliphatic heterocycles. The molecule has 1 aliphatic rings. The van der Waals surface area contributed by atoms with Gasteiger partial charge in [0.25, 0.3) is 5.91 Å². The van der Waals surface area contributed by atoms with Gasteiger partial charge in [-0.05, 0) is 72.4 Å². The van der Waals surface area contributed by atoms with Crippen LogP contribution in [0.25, 0.3) is 0 Å². The van der Waals surface area contributed by atoms with E-state index in [1.54, 1.807) is 12.1 Å². The largest absolute Gasteiger partial charge is 0.480 e. The molecular weight excluding hydrogens is 517 g/mol. The summed E-state index contributed by atoms with van der Waals surface area (Å²) in [5, 5.41) is 9.01. The zero-order chi connectivity index (χ0) is 21.9. The molecule has 0 unspecified atom stereocenters. The van der Waals surface area contributed by atoms with E-state index in [-0.39, 0.29) is 24.3 Å². The van der Waals surface area contributed by atoms with Gasteiger partial charge in [0, 0.05) is 22.2 Å². The van der Waals surface area contributed by atoms with Crippen molar-refractivity contribution >= 4 is 50.8 Å². The minimum absolute atomic E-state index is 0.122. The lowest BCUT2D eigenvalue weighted by atomic mass is 9.73. The Bertz CT molecular complexity index is 699. The van der Waals surface area contributed by atoms with Crippen molar-refractivity contribution in [3.63, 3.8) is 0 Å². The maximum Gasteiger partial charge on any atom is 0.480 e. The van der Waals surface area contributed by atoms with Crippen molar-refractivity contribution in [3.05, 3.63) is 32.7 Å². The van der Waals surface area contributed by atoms with Crippen molar-refractivity contribution in [3.8, 4) is 0 Å². The summed E-state index contributed by atoms with van der Waals surface area (Å²) in [5.74, 6) is -0.519. The maximum absolute atomic E-state index is 12.6. The number of benzene rings is 1. The van der Waals surface area contributed by atoms with E-state index in [9.17, 15) is 9.59 Å². The standard InChI is InChI=1S/C20H30BBr2N3O4/c1-14(2)11-18(21-29-9-3-7-24-8-4-10-30-21)26-19(27)13-25-20(28)16-12-15(22)5-6-17(16)23/h5-6,12,14,18,24H,3-4,7-11,13H2,1-2H3,(H,25,28)(H,26,27)/t18-/m0/s1. The van der Waals surface area contributed by atoms with Gasteiger partial charge in [0.05, 0.1) is 18.0 Å². The number of carbonyl (C=O) groups is 2. The molecule has 2 amide bonds. The minimum atomic E-state index is -0.496. The van der Waals surface area contributed by atoms with Gasteiger partial charge in [-0.15, -0.1) is 0 Å². The van der Waals surface area contributed by atoms with Crippen molar-refractivity contribution in [1.82, 2.24) is 16.0 Å². The van der Waals surface area contributed by atoms with Crippen molar-refractivity contribution < 1.29 is 18.9 Å². The number of nitrogens with one attached hydrogen (secondary N) is 3. The van der Waals surface area contributed by atoms with Crippen LogP contribution in [0.2, 0.25) is 0 Å². The number of hydrogen-bond donors (Lipinski definition) is 3. The second-order valence-electron chi connectivity index (χ2n) is 7.68. The van der Waals surface area contributed by atoms with Crippen LogP contribution in [0.15, 0.2) is 27.1 Å². The molecule has 1 aromatic rings. The van der Waals surface area contributed by atoms with Gasteiger partial charge in [-0.2, -0.15) is 0 Å². The fourth-order valence-corrected chi connectivity index (χ4v) is 3.92. The number of halogens is 2. The lowest BCUT2D eigenvalue weighted by Gasteiger charge is -2.27. The van der Waals surface area contributed by atoms with Gasteiger partial charge in [0.1, 0.15) is 0 Å². The SMILES string of the molecule is CC(C)C[C@H](NC(=O)CNC(=O)c1cc(Br)ccc1Br)B1OCCCNCCCO1. The predicted molar refractivity (Wildman–Crippen MR) is 125 cm³/mol. The molecule has 30 heavy (non-hydrogen) atoms. The molecule has 0 bridgehead atoms. The first-order valence-corrected chi connectivity index (χ1v) is 11.9. The first kappa shape index (κ1) is 25.3. The van der Waals surface area contributed by atoms with Crippen LogP contribution in [0.3, 0.4) is 0 Å². The molecule has 1 aromatic carbocycles. The maximum atomic E-state index is 12.6. The first-order valence-electron chi connectivity index (χ1n) is 10.3. The fourth-order valence-electron chi connectivity index (χ4n) is 3.13. The summed E-state index contributed by atoms with van der Waals surface area (Å²) in [6, 6.07) is 5.32. The minimum Gasteiger partial charge on any atom is -0.410 e. The Balaban J connectivity index is 1.94. The first-order chi connectivity index (χ1) is 14.4. The number of hydrogen-bond acceptors (Lipinski definition) is 5. The summed E-state index contributed by atoms with van der Waals surface area (Å²) in [7, 11) is -0.496. The van der Waals surface area contributed by atoms with Crippen LogP contribution in [0.1, 0.15) is 43.5 Å². The molecule has 10 heteroatoms. The smallest absolute Gasteiger partial charge is 0.410 e. The van der Waals surface area contributed by atoms with Gasteiger partial charge in [-0.3, -0.25) is 9.59 Å². The summed E-state index contributed by atoms with van der Waals surface area (Å²) in [4.78, 5) is 25.0. The molecule has 0 spiro atoms. The molecule has 0 aliphatic carbocycles. The molecule has 3 N–H and O–H groups in total. The van der Waals surface area contributed by atoms with Crippen molar-refractivity contribution in [2.24, 2.45) is 5.92 Å². The topological polar surface area (TPSA) is 88.7 Å². The highest BCUT2D eigenvalue weighted by Gasteiger charge is 2.32. The molecule has 7 nitrogen and oxygen atoms in total. The molecule has 0 aromatic heterocycles. The second-order valence-corrected chi connectivity index (χ2v) is 9.45. The monoisotopic (exact) mass is 545 g/mol. The molecule has 1 heterocycles. The molecule has 1 atom stereocenters. The van der Waals surface area contributed by atoms with Crippen LogP contribution in [0.5, 0.6) is 0 Å². The average Bonchev–Trinajstić information content (AvgIpc) is 2.71. The van der Waals surface area contributed by atoms with Gasteiger partial charge in [-0.1, -0.05) is 29.8 Å². The Kier molecular flexibility index (Phi) is 11.4. The summed E-state index contributed by atoms with van der Waals surface area (Å²) >= 11 is 6.72. The fraction of sp³-hybridized carbons (Fsp3) is 0.600. The van der Waals surface area contributed by atoms with Crippen LogP contribution in [-0.4, -0.2) is 57.7 Å². The van der Waals surface area contributed by atoms with Gasteiger partial charge >= 0.3 is 7.12 Å². The van der Waals surface area contributed by atoms with E-state index in [1.165, 1.54) is 0 Å². The van der Waals surface area contributed by atoms with Crippen LogP contribution in [0, 0.1) is 5.92 Å². The molecule has 1 saturated heterocycles. The summed E-state index contributed by atoms with van der Waals surface area (Å²) in [6.07, 6.45) is 2.50. The third kappa shape index (κ3) is 9.05. The van der Waals surface area contributed by atoms with E-state index in [0.29, 0.717) is 29.2 Å². The summed E-state index contributed by atoms with van der Waals surface area (Å²) in [6.45, 7) is 7.01.